The highest BCUT2D eigenvalue weighted by atomic mass is 16.4. The molecule has 0 aliphatic carbocycles. The van der Waals surface area contributed by atoms with E-state index in [2.05, 4.69) is 26.1 Å². The minimum absolute atomic E-state index is 0.0477. The number of carbonyl (C=O) groups is 2. The van der Waals surface area contributed by atoms with Gasteiger partial charge in [0.15, 0.2) is 6.04 Å². The first-order valence-electron chi connectivity index (χ1n) is 11.5. The Labute approximate surface area is 202 Å². The van der Waals surface area contributed by atoms with Crippen molar-refractivity contribution in [2.75, 3.05) is 0 Å². The number of carboxylic acids is 1. The van der Waals surface area contributed by atoms with E-state index < -0.39 is 23.5 Å². The Kier molecular flexibility index (Phi) is 6.28. The van der Waals surface area contributed by atoms with Crippen molar-refractivity contribution in [3.05, 3.63) is 80.9 Å². The maximum atomic E-state index is 12.8. The molecule has 0 saturated heterocycles. The van der Waals surface area contributed by atoms with E-state index in [0.29, 0.717) is 22.3 Å². The molecule has 0 fully saturated rings. The monoisotopic (exact) mass is 475 g/mol. The lowest BCUT2D eigenvalue weighted by molar-refractivity contribution is -0.142. The average Bonchev–Trinajstić information content (AvgIpc) is 3.24. The SMILES string of the molecule is Cc1c(CCC(=O)N[C@H](C(=O)O)c2ccccc2)c(=O)oc2c(C)c3occ(C(C)(C)C)c3cc12. The van der Waals surface area contributed by atoms with Gasteiger partial charge in [-0.3, -0.25) is 4.79 Å². The van der Waals surface area contributed by atoms with Gasteiger partial charge in [0.2, 0.25) is 5.91 Å². The Morgan fingerprint density at radius 3 is 2.34 bits per heavy atom. The Bertz CT molecular complexity index is 1490. The molecule has 0 aliphatic rings. The zero-order valence-electron chi connectivity index (χ0n) is 20.5. The van der Waals surface area contributed by atoms with Gasteiger partial charge in [0, 0.05) is 33.9 Å². The number of amides is 1. The molecule has 0 spiro atoms. The Morgan fingerprint density at radius 2 is 1.71 bits per heavy atom. The van der Waals surface area contributed by atoms with E-state index in [1.807, 2.05) is 19.9 Å². The second kappa shape index (κ2) is 9.06. The number of rotatable bonds is 6. The van der Waals surface area contributed by atoms with E-state index in [-0.39, 0.29) is 18.3 Å². The molecule has 35 heavy (non-hydrogen) atoms. The molecule has 7 nitrogen and oxygen atoms in total. The third kappa shape index (κ3) is 4.58. The fraction of sp³-hybridized carbons (Fsp3) is 0.321. The minimum Gasteiger partial charge on any atom is -0.479 e. The molecule has 1 atom stereocenters. The second-order valence-electron chi connectivity index (χ2n) is 9.90. The number of fused-ring (bicyclic) bond motifs is 2. The summed E-state index contributed by atoms with van der Waals surface area (Å²) in [6.45, 7) is 10.0. The number of aliphatic carboxylic acids is 1. The van der Waals surface area contributed by atoms with Crippen LogP contribution in [0.25, 0.3) is 21.9 Å². The number of furan rings is 1. The van der Waals surface area contributed by atoms with Crippen LogP contribution in [0.1, 0.15) is 61.1 Å². The van der Waals surface area contributed by atoms with Gasteiger partial charge in [-0.15, -0.1) is 0 Å². The normalized spacial score (nSPS) is 12.7. The summed E-state index contributed by atoms with van der Waals surface area (Å²) in [5, 5.41) is 13.9. The van der Waals surface area contributed by atoms with E-state index in [4.69, 9.17) is 8.83 Å². The van der Waals surface area contributed by atoms with Gasteiger partial charge in [-0.2, -0.15) is 0 Å². The van der Waals surface area contributed by atoms with Crippen molar-refractivity contribution in [3.8, 4) is 0 Å². The van der Waals surface area contributed by atoms with Crippen molar-refractivity contribution in [2.45, 2.75) is 58.9 Å². The number of aryl methyl sites for hydroxylation is 2. The molecule has 0 saturated carbocycles. The van der Waals surface area contributed by atoms with Gasteiger partial charge < -0.3 is 19.3 Å². The summed E-state index contributed by atoms with van der Waals surface area (Å²) >= 11 is 0. The van der Waals surface area contributed by atoms with Crippen LogP contribution < -0.4 is 10.9 Å². The molecule has 0 aliphatic heterocycles. The smallest absolute Gasteiger partial charge is 0.339 e. The number of hydrogen-bond donors (Lipinski definition) is 2. The molecule has 2 aromatic heterocycles. The Morgan fingerprint density at radius 1 is 1.03 bits per heavy atom. The van der Waals surface area contributed by atoms with Crippen molar-refractivity contribution < 1.29 is 23.5 Å². The summed E-state index contributed by atoms with van der Waals surface area (Å²) in [6.07, 6.45) is 1.83. The molecule has 4 rings (SSSR count). The van der Waals surface area contributed by atoms with Crippen molar-refractivity contribution >= 4 is 33.8 Å². The minimum atomic E-state index is -1.16. The van der Waals surface area contributed by atoms with E-state index in [0.717, 1.165) is 27.5 Å². The fourth-order valence-corrected chi connectivity index (χ4v) is 4.47. The van der Waals surface area contributed by atoms with Crippen molar-refractivity contribution in [1.29, 1.82) is 0 Å². The molecule has 7 heteroatoms. The fourth-order valence-electron chi connectivity index (χ4n) is 4.47. The molecule has 2 heterocycles. The summed E-state index contributed by atoms with van der Waals surface area (Å²) in [4.78, 5) is 37.2. The summed E-state index contributed by atoms with van der Waals surface area (Å²) in [7, 11) is 0. The van der Waals surface area contributed by atoms with E-state index in [9.17, 15) is 19.5 Å². The molecule has 2 N–H and O–H groups in total. The molecular formula is C28H29NO6. The highest BCUT2D eigenvalue weighted by molar-refractivity contribution is 6.00. The van der Waals surface area contributed by atoms with Crippen LogP contribution in [0.5, 0.6) is 0 Å². The number of nitrogens with one attached hydrogen (secondary N) is 1. The number of benzene rings is 2. The zero-order valence-corrected chi connectivity index (χ0v) is 20.5. The topological polar surface area (TPSA) is 110 Å². The maximum Gasteiger partial charge on any atom is 0.339 e. The predicted molar refractivity (Wildman–Crippen MR) is 134 cm³/mol. The highest BCUT2D eigenvalue weighted by Crippen LogP contribution is 2.37. The first kappa shape index (κ1) is 24.3. The molecular weight excluding hydrogens is 446 g/mol. The van der Waals surface area contributed by atoms with Gasteiger partial charge in [0.1, 0.15) is 11.2 Å². The predicted octanol–water partition coefficient (Wildman–Crippen LogP) is 5.33. The lowest BCUT2D eigenvalue weighted by atomic mass is 9.86. The van der Waals surface area contributed by atoms with Crippen LogP contribution in [0.15, 0.2) is 56.3 Å². The number of carbonyl (C=O) groups excluding carboxylic acids is 1. The standard InChI is InChI=1S/C28H29NO6/c1-15-18(11-12-22(30)29-23(26(31)32)17-9-7-6-8-10-17)27(33)35-25-16(2)24-20(13-19(15)25)21(14-34-24)28(3,4)5/h6-10,13-14,23H,11-12H2,1-5H3,(H,29,30)(H,31,32)/t23-/m0/s1. The largest absolute Gasteiger partial charge is 0.479 e. The van der Waals surface area contributed by atoms with Crippen LogP contribution in [0.3, 0.4) is 0 Å². The summed E-state index contributed by atoms with van der Waals surface area (Å²) in [5.41, 5.74) is 3.96. The first-order chi connectivity index (χ1) is 16.5. The van der Waals surface area contributed by atoms with Gasteiger partial charge >= 0.3 is 11.6 Å². The lowest BCUT2D eigenvalue weighted by Crippen LogP contribution is -2.34. The third-order valence-electron chi connectivity index (χ3n) is 6.44. The van der Waals surface area contributed by atoms with Crippen molar-refractivity contribution in [1.82, 2.24) is 5.32 Å². The third-order valence-corrected chi connectivity index (χ3v) is 6.44. The molecule has 0 radical (unpaired) electrons. The quantitative estimate of drug-likeness (QED) is 0.365. The van der Waals surface area contributed by atoms with Gasteiger partial charge in [0.25, 0.3) is 0 Å². The summed E-state index contributed by atoms with van der Waals surface area (Å²) in [5.74, 6) is -1.61. The number of carboxylic acid groups (broad SMARTS) is 1. The van der Waals surface area contributed by atoms with Crippen LogP contribution in [0, 0.1) is 13.8 Å². The van der Waals surface area contributed by atoms with E-state index >= 15 is 0 Å². The van der Waals surface area contributed by atoms with Crippen LogP contribution in [-0.2, 0) is 21.4 Å². The number of hydrogen-bond acceptors (Lipinski definition) is 5. The highest BCUT2D eigenvalue weighted by Gasteiger charge is 2.25. The molecule has 0 unspecified atom stereocenters. The molecule has 0 bridgehead atoms. The Balaban J connectivity index is 1.65. The molecule has 1 amide bonds. The van der Waals surface area contributed by atoms with E-state index in [1.165, 1.54) is 0 Å². The van der Waals surface area contributed by atoms with Crippen LogP contribution in [0.4, 0.5) is 0 Å². The lowest BCUT2D eigenvalue weighted by Gasteiger charge is -2.17. The summed E-state index contributed by atoms with van der Waals surface area (Å²) < 4.78 is 11.5. The Hall–Kier alpha value is -3.87. The first-order valence-corrected chi connectivity index (χ1v) is 11.5. The maximum absolute atomic E-state index is 12.8. The van der Waals surface area contributed by atoms with Crippen LogP contribution >= 0.6 is 0 Å². The molecule has 182 valence electrons. The van der Waals surface area contributed by atoms with E-state index in [1.54, 1.807) is 36.6 Å². The molecule has 4 aromatic rings. The molecule has 2 aromatic carbocycles. The van der Waals surface area contributed by atoms with Gasteiger partial charge in [0.05, 0.1) is 6.26 Å². The van der Waals surface area contributed by atoms with Crippen molar-refractivity contribution in [2.24, 2.45) is 0 Å². The van der Waals surface area contributed by atoms with Gasteiger partial charge in [-0.05, 0) is 42.9 Å². The van der Waals surface area contributed by atoms with Gasteiger partial charge in [-0.25, -0.2) is 9.59 Å². The zero-order chi connectivity index (χ0) is 25.5. The average molecular weight is 476 g/mol. The van der Waals surface area contributed by atoms with Gasteiger partial charge in [-0.1, -0.05) is 51.1 Å². The second-order valence-corrected chi connectivity index (χ2v) is 9.90. The van der Waals surface area contributed by atoms with Crippen molar-refractivity contribution in [3.63, 3.8) is 0 Å². The summed E-state index contributed by atoms with van der Waals surface area (Å²) in [6, 6.07) is 9.31. The van der Waals surface area contributed by atoms with Crippen LogP contribution in [-0.4, -0.2) is 17.0 Å². The van der Waals surface area contributed by atoms with Crippen LogP contribution in [0.2, 0.25) is 0 Å².